The topological polar surface area (TPSA) is 53.5 Å². The summed E-state index contributed by atoms with van der Waals surface area (Å²) < 4.78 is 1.05. The van der Waals surface area contributed by atoms with Gasteiger partial charge in [0, 0.05) is 30.6 Å². The van der Waals surface area contributed by atoms with Crippen molar-refractivity contribution in [3.63, 3.8) is 0 Å². The molecular formula is C20H19N3O2S2. The molecule has 0 bridgehead atoms. The third-order valence-corrected chi connectivity index (χ3v) is 6.58. The van der Waals surface area contributed by atoms with Gasteiger partial charge in [-0.05, 0) is 36.6 Å². The minimum atomic E-state index is -0.354. The lowest BCUT2D eigenvalue weighted by atomic mass is 10.1. The Kier molecular flexibility index (Phi) is 4.88. The third kappa shape index (κ3) is 3.44. The van der Waals surface area contributed by atoms with Gasteiger partial charge in [0.05, 0.1) is 16.1 Å². The normalized spacial score (nSPS) is 16.9. The standard InChI is InChI=1S/C20H19N3O2S2/c1-22(20-21-16-8-3-4-9-17(16)27-20)19(25)13-10-18(24)23(12-13)14-6-5-7-15(11-14)26-2/h3-9,11,13H,10,12H2,1-2H3/t13-/m1/s1. The zero-order valence-electron chi connectivity index (χ0n) is 15.1. The molecule has 7 heteroatoms. The number of fused-ring (bicyclic) bond motifs is 1. The Hall–Kier alpha value is -2.38. The second-order valence-electron chi connectivity index (χ2n) is 6.47. The van der Waals surface area contributed by atoms with Crippen LogP contribution in [-0.2, 0) is 9.59 Å². The molecule has 0 unspecified atom stereocenters. The minimum absolute atomic E-state index is 0.00990. The van der Waals surface area contributed by atoms with Crippen molar-refractivity contribution >= 4 is 55.9 Å². The van der Waals surface area contributed by atoms with Crippen molar-refractivity contribution in [2.24, 2.45) is 5.92 Å². The summed E-state index contributed by atoms with van der Waals surface area (Å²) >= 11 is 3.12. The van der Waals surface area contributed by atoms with Crippen LogP contribution in [0, 0.1) is 5.92 Å². The first-order valence-electron chi connectivity index (χ1n) is 8.64. The van der Waals surface area contributed by atoms with Gasteiger partial charge in [-0.1, -0.05) is 29.5 Å². The maximum atomic E-state index is 13.0. The van der Waals surface area contributed by atoms with Gasteiger partial charge in [0.1, 0.15) is 0 Å². The van der Waals surface area contributed by atoms with E-state index < -0.39 is 0 Å². The van der Waals surface area contributed by atoms with Crippen molar-refractivity contribution in [3.8, 4) is 0 Å². The summed E-state index contributed by atoms with van der Waals surface area (Å²) in [5.41, 5.74) is 1.74. The maximum absolute atomic E-state index is 13.0. The van der Waals surface area contributed by atoms with Crippen molar-refractivity contribution < 1.29 is 9.59 Å². The number of anilines is 2. The lowest BCUT2D eigenvalue weighted by Crippen LogP contribution is -2.34. The number of amides is 2. The van der Waals surface area contributed by atoms with Gasteiger partial charge in [-0.3, -0.25) is 14.5 Å². The first-order valence-corrected chi connectivity index (χ1v) is 10.7. The number of rotatable bonds is 4. The van der Waals surface area contributed by atoms with E-state index in [2.05, 4.69) is 4.98 Å². The Balaban J connectivity index is 1.53. The van der Waals surface area contributed by atoms with Gasteiger partial charge in [0.2, 0.25) is 11.8 Å². The van der Waals surface area contributed by atoms with Crippen LogP contribution in [0.1, 0.15) is 6.42 Å². The molecule has 3 aromatic rings. The van der Waals surface area contributed by atoms with E-state index in [9.17, 15) is 9.59 Å². The summed E-state index contributed by atoms with van der Waals surface area (Å²) in [6.45, 7) is 0.407. The van der Waals surface area contributed by atoms with E-state index in [0.717, 1.165) is 20.8 Å². The van der Waals surface area contributed by atoms with Gasteiger partial charge >= 0.3 is 0 Å². The number of hydrogen-bond donors (Lipinski definition) is 0. The van der Waals surface area contributed by atoms with Crippen LogP contribution in [0.2, 0.25) is 0 Å². The molecule has 4 rings (SSSR count). The fourth-order valence-corrected chi connectivity index (χ4v) is 4.66. The molecule has 1 aliphatic rings. The van der Waals surface area contributed by atoms with Crippen LogP contribution in [-0.4, -0.2) is 36.6 Å². The Morgan fingerprint density at radius 1 is 1.26 bits per heavy atom. The smallest absolute Gasteiger partial charge is 0.233 e. The van der Waals surface area contributed by atoms with Crippen LogP contribution < -0.4 is 9.80 Å². The maximum Gasteiger partial charge on any atom is 0.233 e. The van der Waals surface area contributed by atoms with Gasteiger partial charge in [-0.15, -0.1) is 11.8 Å². The summed E-state index contributed by atoms with van der Waals surface area (Å²) in [4.78, 5) is 34.5. The van der Waals surface area contributed by atoms with Gasteiger partial charge in [0.15, 0.2) is 5.13 Å². The van der Waals surface area contributed by atoms with E-state index in [1.807, 2.05) is 54.8 Å². The molecular weight excluding hydrogens is 378 g/mol. The largest absolute Gasteiger partial charge is 0.312 e. The number of thioether (sulfide) groups is 1. The van der Waals surface area contributed by atoms with E-state index in [1.54, 1.807) is 28.6 Å². The van der Waals surface area contributed by atoms with Crippen LogP contribution in [0.25, 0.3) is 10.2 Å². The van der Waals surface area contributed by atoms with E-state index in [1.165, 1.54) is 11.3 Å². The van der Waals surface area contributed by atoms with Crippen molar-refractivity contribution in [2.75, 3.05) is 29.6 Å². The van der Waals surface area contributed by atoms with Crippen LogP contribution in [0.5, 0.6) is 0 Å². The molecule has 0 N–H and O–H groups in total. The lowest BCUT2D eigenvalue weighted by Gasteiger charge is -2.20. The molecule has 0 aliphatic carbocycles. The van der Waals surface area contributed by atoms with Crippen molar-refractivity contribution in [1.29, 1.82) is 0 Å². The summed E-state index contributed by atoms with van der Waals surface area (Å²) in [6, 6.07) is 15.7. The Labute approximate surface area is 166 Å². The Morgan fingerprint density at radius 3 is 2.85 bits per heavy atom. The fraction of sp³-hybridized carbons (Fsp3) is 0.250. The van der Waals surface area contributed by atoms with Gasteiger partial charge in [-0.25, -0.2) is 4.98 Å². The summed E-state index contributed by atoms with van der Waals surface area (Å²) in [7, 11) is 1.74. The summed E-state index contributed by atoms with van der Waals surface area (Å²) in [6.07, 6.45) is 2.24. The van der Waals surface area contributed by atoms with Gasteiger partial charge < -0.3 is 4.90 Å². The number of carbonyl (C=O) groups excluding carboxylic acids is 2. The number of nitrogens with zero attached hydrogens (tertiary/aromatic N) is 3. The predicted molar refractivity (Wildman–Crippen MR) is 112 cm³/mol. The number of hydrogen-bond acceptors (Lipinski definition) is 5. The molecule has 138 valence electrons. The number of para-hydroxylation sites is 1. The van der Waals surface area contributed by atoms with E-state index >= 15 is 0 Å². The third-order valence-electron chi connectivity index (χ3n) is 4.74. The highest BCUT2D eigenvalue weighted by atomic mass is 32.2. The van der Waals surface area contributed by atoms with Crippen molar-refractivity contribution in [3.05, 3.63) is 48.5 Å². The first-order chi connectivity index (χ1) is 13.1. The molecule has 0 radical (unpaired) electrons. The molecule has 2 amide bonds. The van der Waals surface area contributed by atoms with E-state index in [-0.39, 0.29) is 24.2 Å². The second kappa shape index (κ2) is 7.32. The number of benzene rings is 2. The molecule has 0 saturated carbocycles. The number of aromatic nitrogens is 1. The van der Waals surface area contributed by atoms with Crippen molar-refractivity contribution in [1.82, 2.24) is 4.98 Å². The highest BCUT2D eigenvalue weighted by molar-refractivity contribution is 7.98. The quantitative estimate of drug-likeness (QED) is 0.624. The number of carbonyl (C=O) groups is 2. The van der Waals surface area contributed by atoms with E-state index in [4.69, 9.17) is 0 Å². The molecule has 1 aliphatic heterocycles. The van der Waals surface area contributed by atoms with Crippen LogP contribution >= 0.6 is 23.1 Å². The van der Waals surface area contributed by atoms with Crippen LogP contribution in [0.15, 0.2) is 53.4 Å². The lowest BCUT2D eigenvalue weighted by molar-refractivity contribution is -0.124. The summed E-state index contributed by atoms with van der Waals surface area (Å²) in [5.74, 6) is -0.428. The van der Waals surface area contributed by atoms with Crippen molar-refractivity contribution in [2.45, 2.75) is 11.3 Å². The predicted octanol–water partition coefficient (Wildman–Crippen LogP) is 4.03. The Morgan fingerprint density at radius 2 is 2.07 bits per heavy atom. The minimum Gasteiger partial charge on any atom is -0.312 e. The van der Waals surface area contributed by atoms with Gasteiger partial charge in [-0.2, -0.15) is 0 Å². The molecule has 27 heavy (non-hydrogen) atoms. The average molecular weight is 398 g/mol. The number of thiazole rings is 1. The first kappa shape index (κ1) is 18.0. The monoisotopic (exact) mass is 397 g/mol. The average Bonchev–Trinajstić information content (AvgIpc) is 3.30. The van der Waals surface area contributed by atoms with Crippen LogP contribution in [0.3, 0.4) is 0 Å². The molecule has 2 aromatic carbocycles. The summed E-state index contributed by atoms with van der Waals surface area (Å²) in [5, 5.41) is 0.663. The Bertz CT molecular complexity index is 984. The van der Waals surface area contributed by atoms with Gasteiger partial charge in [0.25, 0.3) is 0 Å². The highest BCUT2D eigenvalue weighted by Gasteiger charge is 2.37. The highest BCUT2D eigenvalue weighted by Crippen LogP contribution is 2.32. The van der Waals surface area contributed by atoms with E-state index in [0.29, 0.717) is 11.7 Å². The zero-order valence-corrected chi connectivity index (χ0v) is 16.7. The second-order valence-corrected chi connectivity index (χ2v) is 8.36. The molecule has 1 saturated heterocycles. The molecule has 1 aromatic heterocycles. The van der Waals surface area contributed by atoms with Crippen LogP contribution in [0.4, 0.5) is 10.8 Å². The molecule has 1 fully saturated rings. The fourth-order valence-electron chi connectivity index (χ4n) is 3.27. The molecule has 5 nitrogen and oxygen atoms in total. The molecule has 0 spiro atoms. The zero-order chi connectivity index (χ0) is 19.0. The molecule has 2 heterocycles. The molecule has 1 atom stereocenters. The SMILES string of the molecule is CSc1cccc(N2C[C@H](C(=O)N(C)c3nc4ccccc4s3)CC2=O)c1.